The van der Waals surface area contributed by atoms with Crippen LogP contribution >= 0.6 is 11.8 Å². The van der Waals surface area contributed by atoms with Crippen molar-refractivity contribution in [3.05, 3.63) is 29.8 Å². The predicted molar refractivity (Wildman–Crippen MR) is 75.2 cm³/mol. The zero-order chi connectivity index (χ0) is 13.5. The SMILES string of the molecule is N#Cc1ccc(OCC(=O)N2CCCSCC2)cc1. The molecular weight excluding hydrogens is 260 g/mol. The minimum atomic E-state index is 0.0341. The van der Waals surface area contributed by atoms with E-state index in [9.17, 15) is 4.79 Å². The van der Waals surface area contributed by atoms with E-state index in [1.165, 1.54) is 0 Å². The van der Waals surface area contributed by atoms with Gasteiger partial charge in [-0.05, 0) is 36.4 Å². The molecule has 1 saturated heterocycles. The predicted octanol–water partition coefficient (Wildman–Crippen LogP) is 1.90. The summed E-state index contributed by atoms with van der Waals surface area (Å²) in [7, 11) is 0. The average molecular weight is 276 g/mol. The fourth-order valence-corrected chi connectivity index (χ4v) is 2.74. The Morgan fingerprint density at radius 2 is 2.11 bits per heavy atom. The summed E-state index contributed by atoms with van der Waals surface area (Å²) < 4.78 is 5.45. The van der Waals surface area contributed by atoms with Gasteiger partial charge in [-0.25, -0.2) is 0 Å². The second-order valence-corrected chi connectivity index (χ2v) is 5.50. The van der Waals surface area contributed by atoms with Crippen LogP contribution in [0.1, 0.15) is 12.0 Å². The van der Waals surface area contributed by atoms with Crippen LogP contribution in [0, 0.1) is 11.3 Å². The van der Waals surface area contributed by atoms with Gasteiger partial charge >= 0.3 is 0 Å². The van der Waals surface area contributed by atoms with Gasteiger partial charge in [0.2, 0.25) is 0 Å². The third-order valence-electron chi connectivity index (χ3n) is 2.92. The number of nitrogens with zero attached hydrogens (tertiary/aromatic N) is 2. The number of hydrogen-bond donors (Lipinski definition) is 0. The van der Waals surface area contributed by atoms with Crippen molar-refractivity contribution >= 4 is 17.7 Å². The van der Waals surface area contributed by atoms with Gasteiger partial charge in [0.1, 0.15) is 5.75 Å². The third kappa shape index (κ3) is 4.18. The topological polar surface area (TPSA) is 53.3 Å². The first-order valence-electron chi connectivity index (χ1n) is 6.28. The standard InChI is InChI=1S/C14H16N2O2S/c15-10-12-2-4-13(5-3-12)18-11-14(17)16-6-1-8-19-9-7-16/h2-5H,1,6-9,11H2. The molecule has 1 aliphatic rings. The Bertz CT molecular complexity index is 459. The lowest BCUT2D eigenvalue weighted by atomic mass is 10.2. The van der Waals surface area contributed by atoms with Crippen molar-refractivity contribution in [1.29, 1.82) is 5.26 Å². The first-order chi connectivity index (χ1) is 9.29. The molecule has 1 heterocycles. The van der Waals surface area contributed by atoms with E-state index in [4.69, 9.17) is 10.00 Å². The molecule has 0 aliphatic carbocycles. The fourth-order valence-electron chi connectivity index (χ4n) is 1.86. The summed E-state index contributed by atoms with van der Waals surface area (Å²) >= 11 is 1.89. The molecule has 0 bridgehead atoms. The molecule has 1 fully saturated rings. The highest BCUT2D eigenvalue weighted by Crippen LogP contribution is 2.13. The minimum absolute atomic E-state index is 0.0341. The van der Waals surface area contributed by atoms with Crippen LogP contribution in [0.3, 0.4) is 0 Å². The molecule has 1 aromatic carbocycles. The van der Waals surface area contributed by atoms with Crippen LogP contribution in [0.5, 0.6) is 5.75 Å². The second kappa shape index (κ2) is 7.05. The summed E-state index contributed by atoms with van der Waals surface area (Å²) in [6.07, 6.45) is 1.05. The lowest BCUT2D eigenvalue weighted by Crippen LogP contribution is -2.36. The molecule has 0 radical (unpaired) electrons. The summed E-state index contributed by atoms with van der Waals surface area (Å²) in [6.45, 7) is 1.69. The molecule has 0 aromatic heterocycles. The Labute approximate surface area is 117 Å². The maximum atomic E-state index is 12.0. The molecule has 1 aliphatic heterocycles. The molecule has 100 valence electrons. The monoisotopic (exact) mass is 276 g/mol. The molecule has 0 unspecified atom stereocenters. The number of amides is 1. The van der Waals surface area contributed by atoms with Crippen LogP contribution in [0.2, 0.25) is 0 Å². The first-order valence-corrected chi connectivity index (χ1v) is 7.43. The molecule has 2 rings (SSSR count). The Balaban J connectivity index is 1.83. The largest absolute Gasteiger partial charge is 0.484 e. The third-order valence-corrected chi connectivity index (χ3v) is 3.97. The Morgan fingerprint density at radius 1 is 1.32 bits per heavy atom. The number of rotatable bonds is 3. The minimum Gasteiger partial charge on any atom is -0.484 e. The van der Waals surface area contributed by atoms with Crippen LogP contribution in [0.15, 0.2) is 24.3 Å². The van der Waals surface area contributed by atoms with Crippen molar-refractivity contribution < 1.29 is 9.53 Å². The normalized spacial score (nSPS) is 15.4. The Hall–Kier alpha value is -1.67. The number of nitriles is 1. The van der Waals surface area contributed by atoms with Crippen LogP contribution in [0.4, 0.5) is 0 Å². The van der Waals surface area contributed by atoms with Crippen molar-refractivity contribution in [3.8, 4) is 11.8 Å². The van der Waals surface area contributed by atoms with Gasteiger partial charge in [0.05, 0.1) is 11.6 Å². The summed E-state index contributed by atoms with van der Waals surface area (Å²) in [5, 5.41) is 8.69. The maximum absolute atomic E-state index is 12.0. The van der Waals surface area contributed by atoms with Gasteiger partial charge in [0.25, 0.3) is 5.91 Å². The molecule has 19 heavy (non-hydrogen) atoms. The number of benzene rings is 1. The molecule has 1 aromatic rings. The van der Waals surface area contributed by atoms with Gasteiger partial charge < -0.3 is 9.64 Å². The second-order valence-electron chi connectivity index (χ2n) is 4.27. The number of ether oxygens (including phenoxy) is 1. The van der Waals surface area contributed by atoms with Gasteiger partial charge in [-0.2, -0.15) is 17.0 Å². The summed E-state index contributed by atoms with van der Waals surface area (Å²) in [4.78, 5) is 13.9. The Kier molecular flexibility index (Phi) is 5.10. The van der Waals surface area contributed by atoms with Gasteiger partial charge in [0.15, 0.2) is 6.61 Å². The van der Waals surface area contributed by atoms with Crippen molar-refractivity contribution in [2.45, 2.75) is 6.42 Å². The van der Waals surface area contributed by atoms with Gasteiger partial charge in [-0.1, -0.05) is 0 Å². The molecule has 0 saturated carbocycles. The average Bonchev–Trinajstić information content (AvgIpc) is 2.74. The van der Waals surface area contributed by atoms with E-state index in [1.807, 2.05) is 22.7 Å². The highest BCUT2D eigenvalue weighted by molar-refractivity contribution is 7.99. The quantitative estimate of drug-likeness (QED) is 0.846. The summed E-state index contributed by atoms with van der Waals surface area (Å²) in [5.74, 6) is 2.78. The maximum Gasteiger partial charge on any atom is 0.260 e. The van der Waals surface area contributed by atoms with E-state index in [1.54, 1.807) is 24.3 Å². The van der Waals surface area contributed by atoms with Crippen LogP contribution in [-0.4, -0.2) is 42.0 Å². The van der Waals surface area contributed by atoms with Crippen LogP contribution in [-0.2, 0) is 4.79 Å². The lowest BCUT2D eigenvalue weighted by molar-refractivity contribution is -0.133. The van der Waals surface area contributed by atoms with Gasteiger partial charge in [-0.15, -0.1) is 0 Å². The molecule has 5 heteroatoms. The van der Waals surface area contributed by atoms with E-state index >= 15 is 0 Å². The molecule has 0 atom stereocenters. The molecule has 0 N–H and O–H groups in total. The van der Waals surface area contributed by atoms with E-state index in [0.29, 0.717) is 11.3 Å². The number of thioether (sulfide) groups is 1. The molecule has 0 spiro atoms. The van der Waals surface area contributed by atoms with E-state index in [0.717, 1.165) is 31.0 Å². The summed E-state index contributed by atoms with van der Waals surface area (Å²) in [6, 6.07) is 8.84. The van der Waals surface area contributed by atoms with Crippen LogP contribution < -0.4 is 4.74 Å². The van der Waals surface area contributed by atoms with Gasteiger partial charge in [0, 0.05) is 18.8 Å². The van der Waals surface area contributed by atoms with Crippen molar-refractivity contribution in [2.24, 2.45) is 0 Å². The first kappa shape index (κ1) is 13.8. The van der Waals surface area contributed by atoms with Crippen molar-refractivity contribution in [3.63, 3.8) is 0 Å². The molecule has 4 nitrogen and oxygen atoms in total. The smallest absolute Gasteiger partial charge is 0.260 e. The van der Waals surface area contributed by atoms with Crippen LogP contribution in [0.25, 0.3) is 0 Å². The van der Waals surface area contributed by atoms with Crippen molar-refractivity contribution in [2.75, 3.05) is 31.2 Å². The summed E-state index contributed by atoms with van der Waals surface area (Å²) in [5.41, 5.74) is 0.586. The number of carbonyl (C=O) groups excluding carboxylic acids is 1. The van der Waals surface area contributed by atoms with E-state index in [-0.39, 0.29) is 12.5 Å². The zero-order valence-electron chi connectivity index (χ0n) is 10.7. The number of carbonyl (C=O) groups is 1. The highest BCUT2D eigenvalue weighted by atomic mass is 32.2. The molecular formula is C14H16N2O2S. The Morgan fingerprint density at radius 3 is 2.84 bits per heavy atom. The zero-order valence-corrected chi connectivity index (χ0v) is 11.5. The lowest BCUT2D eigenvalue weighted by Gasteiger charge is -2.19. The van der Waals surface area contributed by atoms with Crippen molar-refractivity contribution in [1.82, 2.24) is 4.90 Å². The van der Waals surface area contributed by atoms with E-state index in [2.05, 4.69) is 0 Å². The molecule has 1 amide bonds. The number of hydrogen-bond acceptors (Lipinski definition) is 4. The van der Waals surface area contributed by atoms with E-state index < -0.39 is 0 Å². The fraction of sp³-hybridized carbons (Fsp3) is 0.429. The highest BCUT2D eigenvalue weighted by Gasteiger charge is 2.15. The van der Waals surface area contributed by atoms with Gasteiger partial charge in [-0.3, -0.25) is 4.79 Å².